The number of aromatic hydroxyl groups is 2. The molecule has 0 spiro atoms. The summed E-state index contributed by atoms with van der Waals surface area (Å²) in [5.74, 6) is 1.16. The Kier molecular flexibility index (Phi) is 19.6. The van der Waals surface area contributed by atoms with Crippen molar-refractivity contribution in [1.82, 2.24) is 15.0 Å². The van der Waals surface area contributed by atoms with Crippen LogP contribution in [-0.2, 0) is 0 Å². The molecule has 0 bridgehead atoms. The van der Waals surface area contributed by atoms with Crippen LogP contribution in [-0.4, -0.2) is 25.2 Å². The van der Waals surface area contributed by atoms with E-state index in [1.54, 1.807) is 6.07 Å². The quantitative estimate of drug-likeness (QED) is 0.195. The molecule has 5 aromatic carbocycles. The van der Waals surface area contributed by atoms with Gasteiger partial charge in [-0.2, -0.15) is 0 Å². The van der Waals surface area contributed by atoms with Crippen LogP contribution in [0.1, 0.15) is 69.2 Å². The number of rotatable bonds is 5. The molecule has 0 unspecified atom stereocenters. The Morgan fingerprint density at radius 1 is 0.333 bits per heavy atom. The monoisotopic (exact) mass is 643 g/mol. The molecule has 0 radical (unpaired) electrons. The number of phenols is 2. The standard InChI is InChI=1S/C33H23N3O2.5C2H6/c37-28-19-20-29(30(38)21-28)33-35-31(26-15-11-24(12-16-26)22-7-3-1-4-8-22)34-32(36-33)27-17-13-25(14-18-27)23-9-5-2-6-10-23;5*1-2/h1-21,37-38H;5*1-2H3. The maximum Gasteiger partial charge on any atom is 0.167 e. The van der Waals surface area contributed by atoms with E-state index in [1.165, 1.54) is 12.1 Å². The smallest absolute Gasteiger partial charge is 0.167 e. The van der Waals surface area contributed by atoms with Gasteiger partial charge in [-0.05, 0) is 34.4 Å². The predicted octanol–water partition coefficient (Wildman–Crippen LogP) is 12.7. The summed E-state index contributed by atoms with van der Waals surface area (Å²) >= 11 is 0. The van der Waals surface area contributed by atoms with E-state index in [2.05, 4.69) is 24.3 Å². The molecule has 2 N–H and O–H groups in total. The number of benzene rings is 5. The van der Waals surface area contributed by atoms with Gasteiger partial charge in [-0.15, -0.1) is 0 Å². The minimum Gasteiger partial charge on any atom is -0.508 e. The second kappa shape index (κ2) is 23.1. The van der Waals surface area contributed by atoms with Crippen LogP contribution in [0, 0.1) is 0 Å². The minimum absolute atomic E-state index is 0.0336. The van der Waals surface area contributed by atoms with E-state index in [4.69, 9.17) is 15.0 Å². The first-order valence-electron chi connectivity index (χ1n) is 17.2. The molecule has 1 heterocycles. The molecule has 0 aliphatic heterocycles. The van der Waals surface area contributed by atoms with E-state index in [1.807, 2.05) is 154 Å². The normalized spacial score (nSPS) is 9.21. The maximum atomic E-state index is 10.5. The molecule has 6 aromatic rings. The van der Waals surface area contributed by atoms with Gasteiger partial charge in [0.05, 0.1) is 5.56 Å². The molecule has 0 saturated heterocycles. The second-order valence-electron chi connectivity index (χ2n) is 8.89. The average Bonchev–Trinajstić information content (AvgIpc) is 3.19. The molecule has 6 rings (SSSR count). The van der Waals surface area contributed by atoms with E-state index in [0.717, 1.165) is 33.4 Å². The first kappa shape index (κ1) is 40.7. The van der Waals surface area contributed by atoms with Crippen molar-refractivity contribution in [1.29, 1.82) is 0 Å². The van der Waals surface area contributed by atoms with Gasteiger partial charge in [0.25, 0.3) is 0 Å². The van der Waals surface area contributed by atoms with E-state index < -0.39 is 0 Å². The fourth-order valence-electron chi connectivity index (χ4n) is 4.35. The van der Waals surface area contributed by atoms with Crippen LogP contribution in [0.5, 0.6) is 11.5 Å². The van der Waals surface area contributed by atoms with Gasteiger partial charge in [0.2, 0.25) is 0 Å². The van der Waals surface area contributed by atoms with E-state index >= 15 is 0 Å². The summed E-state index contributed by atoms with van der Waals surface area (Å²) in [5.41, 5.74) is 6.51. The van der Waals surface area contributed by atoms with E-state index in [-0.39, 0.29) is 11.5 Å². The van der Waals surface area contributed by atoms with Crippen molar-refractivity contribution in [3.63, 3.8) is 0 Å². The fourth-order valence-corrected chi connectivity index (χ4v) is 4.35. The van der Waals surface area contributed by atoms with Crippen molar-refractivity contribution in [3.8, 4) is 67.9 Å². The molecule has 1 aromatic heterocycles. The lowest BCUT2D eigenvalue weighted by Crippen LogP contribution is -2.00. The first-order valence-corrected chi connectivity index (χ1v) is 17.2. The summed E-state index contributed by atoms with van der Waals surface area (Å²) < 4.78 is 0. The zero-order valence-corrected chi connectivity index (χ0v) is 30.4. The zero-order chi connectivity index (χ0) is 35.9. The average molecular weight is 644 g/mol. The summed E-state index contributed by atoms with van der Waals surface area (Å²) in [6.07, 6.45) is 0. The molecule has 252 valence electrons. The Morgan fingerprint density at radius 2 is 0.646 bits per heavy atom. The molecule has 48 heavy (non-hydrogen) atoms. The number of nitrogens with zero attached hydrogens (tertiary/aromatic N) is 3. The lowest BCUT2D eigenvalue weighted by Gasteiger charge is -2.10. The summed E-state index contributed by atoms with van der Waals surface area (Å²) in [4.78, 5) is 14.2. The Bertz CT molecular complexity index is 1600. The van der Waals surface area contributed by atoms with Gasteiger partial charge in [-0.25, -0.2) is 15.0 Å². The zero-order valence-electron chi connectivity index (χ0n) is 30.4. The Hall–Kier alpha value is -5.29. The highest BCUT2D eigenvalue weighted by molar-refractivity contribution is 5.73. The highest BCUT2D eigenvalue weighted by Crippen LogP contribution is 2.33. The molecular weight excluding hydrogens is 590 g/mol. The van der Waals surface area contributed by atoms with E-state index in [9.17, 15) is 10.2 Å². The van der Waals surface area contributed by atoms with E-state index in [0.29, 0.717) is 23.0 Å². The predicted molar refractivity (Wildman–Crippen MR) is 207 cm³/mol. The third-order valence-corrected chi connectivity index (χ3v) is 6.36. The molecule has 5 nitrogen and oxygen atoms in total. The SMILES string of the molecule is CC.CC.CC.CC.CC.Oc1ccc(-c2nc(-c3ccc(-c4ccccc4)cc3)nc(-c3ccc(-c4ccccc4)cc3)n2)c(O)c1. The van der Waals surface area contributed by atoms with Gasteiger partial charge in [0.1, 0.15) is 11.5 Å². The third-order valence-electron chi connectivity index (χ3n) is 6.36. The van der Waals surface area contributed by atoms with Crippen molar-refractivity contribution >= 4 is 0 Å². The Balaban J connectivity index is 0.00000106. The van der Waals surface area contributed by atoms with Crippen LogP contribution in [0.2, 0.25) is 0 Å². The molecule has 0 atom stereocenters. The van der Waals surface area contributed by atoms with Crippen molar-refractivity contribution in [3.05, 3.63) is 127 Å². The van der Waals surface area contributed by atoms with Gasteiger partial charge >= 0.3 is 0 Å². The number of hydrogen-bond acceptors (Lipinski definition) is 5. The lowest BCUT2D eigenvalue weighted by molar-refractivity contribution is 0.451. The molecule has 5 heteroatoms. The Labute approximate surface area is 289 Å². The van der Waals surface area contributed by atoms with Gasteiger partial charge < -0.3 is 10.2 Å². The van der Waals surface area contributed by atoms with Gasteiger partial charge in [0.15, 0.2) is 17.5 Å². The summed E-state index contributed by atoms with van der Waals surface area (Å²) in [7, 11) is 0. The summed E-state index contributed by atoms with van der Waals surface area (Å²) in [5, 5.41) is 20.3. The summed E-state index contributed by atoms with van der Waals surface area (Å²) in [6.45, 7) is 20.0. The minimum atomic E-state index is -0.105. The molecular formula is C43H53N3O2. The van der Waals surface area contributed by atoms with Crippen LogP contribution in [0.15, 0.2) is 127 Å². The lowest BCUT2D eigenvalue weighted by atomic mass is 10.0. The van der Waals surface area contributed by atoms with Crippen LogP contribution in [0.4, 0.5) is 0 Å². The molecule has 0 fully saturated rings. The van der Waals surface area contributed by atoms with Crippen LogP contribution in [0.25, 0.3) is 56.4 Å². The highest BCUT2D eigenvalue weighted by atomic mass is 16.3. The Morgan fingerprint density at radius 3 is 1.00 bits per heavy atom. The largest absolute Gasteiger partial charge is 0.508 e. The van der Waals surface area contributed by atoms with Gasteiger partial charge in [-0.3, -0.25) is 0 Å². The van der Waals surface area contributed by atoms with Gasteiger partial charge in [0, 0.05) is 17.2 Å². The number of phenolic OH excluding ortho intramolecular Hbond substituents is 2. The van der Waals surface area contributed by atoms with Crippen molar-refractivity contribution in [2.75, 3.05) is 0 Å². The van der Waals surface area contributed by atoms with Crippen molar-refractivity contribution in [2.45, 2.75) is 69.2 Å². The number of hydrogen-bond donors (Lipinski definition) is 2. The molecule has 0 aliphatic carbocycles. The van der Waals surface area contributed by atoms with Crippen molar-refractivity contribution in [2.24, 2.45) is 0 Å². The molecule has 0 saturated carbocycles. The summed E-state index contributed by atoms with van der Waals surface area (Å²) in [6, 6.07) is 40.8. The first-order chi connectivity index (χ1) is 23.6. The fraction of sp³-hybridized carbons (Fsp3) is 0.233. The number of aromatic nitrogens is 3. The second-order valence-corrected chi connectivity index (χ2v) is 8.89. The third kappa shape index (κ3) is 11.2. The topological polar surface area (TPSA) is 79.1 Å². The van der Waals surface area contributed by atoms with Crippen LogP contribution in [0.3, 0.4) is 0 Å². The van der Waals surface area contributed by atoms with Crippen LogP contribution < -0.4 is 0 Å². The molecule has 0 amide bonds. The molecule has 0 aliphatic rings. The van der Waals surface area contributed by atoms with Crippen LogP contribution >= 0.6 is 0 Å². The maximum absolute atomic E-state index is 10.5. The van der Waals surface area contributed by atoms with Gasteiger partial charge in [-0.1, -0.05) is 178 Å². The highest BCUT2D eigenvalue weighted by Gasteiger charge is 2.15. The van der Waals surface area contributed by atoms with Crippen molar-refractivity contribution < 1.29 is 10.2 Å².